The van der Waals surface area contributed by atoms with Gasteiger partial charge >= 0.3 is 0 Å². The molecule has 0 spiro atoms. The van der Waals surface area contributed by atoms with Crippen LogP contribution >= 0.6 is 0 Å². The Balaban J connectivity index is 1.85. The van der Waals surface area contributed by atoms with Crippen molar-refractivity contribution in [1.29, 1.82) is 0 Å². The van der Waals surface area contributed by atoms with Gasteiger partial charge in [0.1, 0.15) is 5.76 Å². The van der Waals surface area contributed by atoms with E-state index in [2.05, 4.69) is 4.98 Å². The van der Waals surface area contributed by atoms with E-state index in [1.54, 1.807) is 35.6 Å². The fourth-order valence-corrected chi connectivity index (χ4v) is 4.24. The fourth-order valence-electron chi connectivity index (χ4n) is 4.24. The molecule has 1 saturated heterocycles. The van der Waals surface area contributed by atoms with Crippen LogP contribution in [0.3, 0.4) is 0 Å². The lowest BCUT2D eigenvalue weighted by atomic mass is 9.96. The molecule has 1 N–H and O–H groups in total. The van der Waals surface area contributed by atoms with Crippen LogP contribution in [0.25, 0.3) is 16.7 Å². The van der Waals surface area contributed by atoms with E-state index in [4.69, 9.17) is 0 Å². The number of likely N-dealkylation sites (tertiary alicyclic amines) is 1. The van der Waals surface area contributed by atoms with Gasteiger partial charge < -0.3 is 19.5 Å². The second-order valence-corrected chi connectivity index (χ2v) is 8.10. The fraction of sp³-hybridized carbons (Fsp3) is 0.292. The first-order valence-electron chi connectivity index (χ1n) is 10.3. The van der Waals surface area contributed by atoms with Crippen molar-refractivity contribution in [2.45, 2.75) is 12.5 Å². The highest BCUT2D eigenvalue weighted by Crippen LogP contribution is 2.40. The Labute approximate surface area is 181 Å². The summed E-state index contributed by atoms with van der Waals surface area (Å²) in [6.45, 7) is 1.21. The van der Waals surface area contributed by atoms with E-state index in [1.807, 2.05) is 54.9 Å². The molecule has 1 unspecified atom stereocenters. The van der Waals surface area contributed by atoms with Crippen LogP contribution in [-0.2, 0) is 16.6 Å². The number of amides is 1. The molecule has 1 fully saturated rings. The first-order chi connectivity index (χ1) is 14.9. The first-order valence-corrected chi connectivity index (χ1v) is 10.3. The van der Waals surface area contributed by atoms with Crippen molar-refractivity contribution < 1.29 is 14.7 Å². The number of aromatic nitrogens is 2. The molecule has 0 bridgehead atoms. The first kappa shape index (κ1) is 20.8. The number of para-hydroxylation sites is 1. The zero-order valence-electron chi connectivity index (χ0n) is 17.9. The highest BCUT2D eigenvalue weighted by molar-refractivity contribution is 6.46. The maximum Gasteiger partial charge on any atom is 0.295 e. The van der Waals surface area contributed by atoms with Crippen LogP contribution in [0, 0.1) is 0 Å². The van der Waals surface area contributed by atoms with Gasteiger partial charge in [-0.2, -0.15) is 0 Å². The van der Waals surface area contributed by atoms with Gasteiger partial charge in [-0.05, 0) is 50.8 Å². The van der Waals surface area contributed by atoms with Crippen LogP contribution in [0.4, 0.5) is 0 Å². The lowest BCUT2D eigenvalue weighted by Gasteiger charge is -2.25. The molecule has 31 heavy (non-hydrogen) atoms. The summed E-state index contributed by atoms with van der Waals surface area (Å²) >= 11 is 0. The summed E-state index contributed by atoms with van der Waals surface area (Å²) in [7, 11) is 5.82. The summed E-state index contributed by atoms with van der Waals surface area (Å²) in [6.07, 6.45) is 5.78. The Morgan fingerprint density at radius 2 is 1.84 bits per heavy atom. The van der Waals surface area contributed by atoms with Gasteiger partial charge in [0.2, 0.25) is 0 Å². The summed E-state index contributed by atoms with van der Waals surface area (Å²) in [5.41, 5.74) is 2.35. The average molecular weight is 418 g/mol. The molecule has 1 aliphatic rings. The van der Waals surface area contributed by atoms with Crippen LogP contribution in [0.1, 0.15) is 23.6 Å². The van der Waals surface area contributed by atoms with Crippen molar-refractivity contribution in [3.05, 3.63) is 71.7 Å². The van der Waals surface area contributed by atoms with Crippen molar-refractivity contribution in [2.24, 2.45) is 7.05 Å². The van der Waals surface area contributed by atoms with Gasteiger partial charge in [-0.3, -0.25) is 14.6 Å². The van der Waals surface area contributed by atoms with Gasteiger partial charge in [0.15, 0.2) is 0 Å². The summed E-state index contributed by atoms with van der Waals surface area (Å²) in [5.74, 6) is -1.38. The summed E-state index contributed by atoms with van der Waals surface area (Å²) in [4.78, 5) is 33.8. The van der Waals surface area contributed by atoms with E-state index in [9.17, 15) is 14.7 Å². The van der Waals surface area contributed by atoms with Crippen molar-refractivity contribution in [2.75, 3.05) is 27.2 Å². The Morgan fingerprint density at radius 3 is 2.55 bits per heavy atom. The predicted octanol–water partition coefficient (Wildman–Crippen LogP) is 2.95. The minimum absolute atomic E-state index is 0.123. The standard InChI is InChI=1S/C24H26N4O3/c1-26(2)13-6-14-28-21(16-9-11-25-12-10-16)20(23(30)24(28)31)22(29)18-15-27(3)19-8-5-4-7-17(18)19/h4-5,7-12,15,21,29H,6,13-14H2,1-3H3. The van der Waals surface area contributed by atoms with E-state index < -0.39 is 17.7 Å². The van der Waals surface area contributed by atoms with Gasteiger partial charge in [-0.25, -0.2) is 0 Å². The number of fused-ring (bicyclic) bond motifs is 1. The maximum absolute atomic E-state index is 13.1. The number of ketones is 1. The Morgan fingerprint density at radius 1 is 1.13 bits per heavy atom. The smallest absolute Gasteiger partial charge is 0.295 e. The monoisotopic (exact) mass is 418 g/mol. The molecule has 1 aliphatic heterocycles. The molecule has 2 aromatic heterocycles. The van der Waals surface area contributed by atoms with Crippen molar-refractivity contribution in [1.82, 2.24) is 19.4 Å². The number of hydrogen-bond donors (Lipinski definition) is 1. The number of rotatable bonds is 6. The highest BCUT2D eigenvalue weighted by atomic mass is 16.3. The SMILES string of the molecule is CN(C)CCCN1C(=O)C(=O)C(=C(O)c2cn(C)c3ccccc23)C1c1ccncc1. The lowest BCUT2D eigenvalue weighted by Crippen LogP contribution is -2.32. The highest BCUT2D eigenvalue weighted by Gasteiger charge is 2.46. The van der Waals surface area contributed by atoms with E-state index in [0.717, 1.165) is 29.4 Å². The second-order valence-electron chi connectivity index (χ2n) is 8.10. The minimum atomic E-state index is -0.655. The molecule has 1 atom stereocenters. The molecule has 7 nitrogen and oxygen atoms in total. The molecule has 1 amide bonds. The molecule has 0 aliphatic carbocycles. The van der Waals surface area contributed by atoms with Crippen LogP contribution < -0.4 is 0 Å². The Bertz CT molecular complexity index is 1160. The van der Waals surface area contributed by atoms with Gasteiger partial charge in [-0.15, -0.1) is 0 Å². The van der Waals surface area contributed by atoms with E-state index >= 15 is 0 Å². The lowest BCUT2D eigenvalue weighted by molar-refractivity contribution is -0.139. The van der Waals surface area contributed by atoms with E-state index in [0.29, 0.717) is 12.1 Å². The molecule has 3 heterocycles. The third kappa shape index (κ3) is 3.72. The number of nitrogens with zero attached hydrogens (tertiary/aromatic N) is 4. The topological polar surface area (TPSA) is 78.7 Å². The summed E-state index contributed by atoms with van der Waals surface area (Å²) < 4.78 is 1.90. The third-order valence-corrected chi connectivity index (χ3v) is 5.72. The zero-order valence-corrected chi connectivity index (χ0v) is 17.9. The summed E-state index contributed by atoms with van der Waals surface area (Å²) in [5, 5.41) is 12.2. The predicted molar refractivity (Wildman–Crippen MR) is 119 cm³/mol. The van der Waals surface area contributed by atoms with Gasteiger partial charge in [-0.1, -0.05) is 18.2 Å². The molecule has 0 radical (unpaired) electrons. The number of Topliss-reactive ketones (excluding diaryl/α,β-unsaturated/α-hetero) is 1. The number of aliphatic hydroxyl groups is 1. The quantitative estimate of drug-likeness (QED) is 0.378. The van der Waals surface area contributed by atoms with Crippen molar-refractivity contribution in [3.63, 3.8) is 0 Å². The maximum atomic E-state index is 13.1. The number of aryl methyl sites for hydroxylation is 1. The normalized spacial score (nSPS) is 18.5. The van der Waals surface area contributed by atoms with E-state index in [1.165, 1.54) is 0 Å². The number of pyridine rings is 1. The average Bonchev–Trinajstić information content (AvgIpc) is 3.23. The van der Waals surface area contributed by atoms with Crippen LogP contribution in [0.5, 0.6) is 0 Å². The van der Waals surface area contributed by atoms with Gasteiger partial charge in [0, 0.05) is 48.6 Å². The molecule has 160 valence electrons. The van der Waals surface area contributed by atoms with Crippen LogP contribution in [0.2, 0.25) is 0 Å². The number of benzene rings is 1. The van der Waals surface area contributed by atoms with E-state index in [-0.39, 0.29) is 11.3 Å². The van der Waals surface area contributed by atoms with Gasteiger partial charge in [0.25, 0.3) is 11.7 Å². The molecule has 4 rings (SSSR count). The minimum Gasteiger partial charge on any atom is -0.507 e. The van der Waals surface area contributed by atoms with Crippen molar-refractivity contribution >= 4 is 28.4 Å². The molecular weight excluding hydrogens is 392 g/mol. The Hall–Kier alpha value is -3.45. The molecule has 0 saturated carbocycles. The molecule has 1 aromatic carbocycles. The number of carbonyl (C=O) groups is 2. The molecule has 3 aromatic rings. The number of aliphatic hydroxyl groups excluding tert-OH is 1. The zero-order chi connectivity index (χ0) is 22.1. The van der Waals surface area contributed by atoms with Gasteiger partial charge in [0.05, 0.1) is 11.6 Å². The molecule has 7 heteroatoms. The third-order valence-electron chi connectivity index (χ3n) is 5.72. The number of hydrogen-bond acceptors (Lipinski definition) is 5. The second kappa shape index (κ2) is 8.35. The van der Waals surface area contributed by atoms with Crippen LogP contribution in [-0.4, -0.2) is 63.3 Å². The largest absolute Gasteiger partial charge is 0.507 e. The molecular formula is C24H26N4O3. The Kier molecular flexibility index (Phi) is 5.61. The van der Waals surface area contributed by atoms with Crippen molar-refractivity contribution in [3.8, 4) is 0 Å². The number of carbonyl (C=O) groups excluding carboxylic acids is 2. The van der Waals surface area contributed by atoms with Crippen LogP contribution in [0.15, 0.2) is 60.6 Å². The summed E-state index contributed by atoms with van der Waals surface area (Å²) in [6, 6.07) is 10.6.